The second-order valence-corrected chi connectivity index (χ2v) is 8.28. The summed E-state index contributed by atoms with van der Waals surface area (Å²) in [7, 11) is 0. The molecule has 0 radical (unpaired) electrons. The number of pyridine rings is 1. The van der Waals surface area contributed by atoms with E-state index in [0.717, 1.165) is 17.7 Å². The lowest BCUT2D eigenvalue weighted by molar-refractivity contribution is -0.154. The van der Waals surface area contributed by atoms with Crippen molar-refractivity contribution in [1.29, 1.82) is 0 Å². The van der Waals surface area contributed by atoms with E-state index in [1.54, 1.807) is 31.5 Å². The van der Waals surface area contributed by atoms with Crippen molar-refractivity contribution in [3.8, 4) is 0 Å². The Labute approximate surface area is 208 Å². The van der Waals surface area contributed by atoms with Crippen LogP contribution in [0, 0.1) is 5.82 Å². The van der Waals surface area contributed by atoms with Gasteiger partial charge in [0.1, 0.15) is 5.82 Å². The van der Waals surface area contributed by atoms with Crippen LogP contribution in [0.5, 0.6) is 0 Å². The van der Waals surface area contributed by atoms with Crippen LogP contribution in [0.4, 0.5) is 28.0 Å². The van der Waals surface area contributed by atoms with Crippen molar-refractivity contribution in [2.24, 2.45) is 0 Å². The normalized spacial score (nSPS) is 22.2. The highest BCUT2D eigenvalue weighted by Crippen LogP contribution is 2.35. The Morgan fingerprint density at radius 1 is 1.05 bits per heavy atom. The van der Waals surface area contributed by atoms with Crippen LogP contribution in [-0.4, -0.2) is 58.1 Å². The maximum Gasteiger partial charge on any atom is 0.419 e. The number of benzene rings is 1. The molecule has 2 atom stereocenters. The molecule has 9 nitrogen and oxygen atoms in total. The average Bonchev–Trinajstić information content (AvgIpc) is 3.22. The summed E-state index contributed by atoms with van der Waals surface area (Å²) in [6.07, 6.45) is -0.926. The van der Waals surface area contributed by atoms with Gasteiger partial charge in [-0.05, 0) is 49.2 Å². The fraction of sp³-hybridized carbons (Fsp3) is 0.333. The zero-order valence-electron chi connectivity index (χ0n) is 19.5. The van der Waals surface area contributed by atoms with Crippen molar-refractivity contribution < 1.29 is 41.5 Å². The van der Waals surface area contributed by atoms with Crippen molar-refractivity contribution in [2.75, 3.05) is 18.2 Å². The molecule has 2 aliphatic rings. The van der Waals surface area contributed by atoms with E-state index in [0.29, 0.717) is 42.8 Å². The summed E-state index contributed by atoms with van der Waals surface area (Å²) < 4.78 is 59.5. The molecule has 1 fully saturated rings. The van der Waals surface area contributed by atoms with Crippen molar-refractivity contribution in [3.63, 3.8) is 0 Å². The number of urea groups is 1. The first kappa shape index (κ1) is 26.1. The number of likely N-dealkylation sites (N-methyl/N-ethyl adjacent to an activating group) is 1. The third-order valence-corrected chi connectivity index (χ3v) is 5.96. The molecule has 196 valence electrons. The van der Waals surface area contributed by atoms with Crippen LogP contribution in [0.1, 0.15) is 24.5 Å². The Bertz CT molecular complexity index is 1210. The first-order chi connectivity index (χ1) is 17.6. The minimum absolute atomic E-state index is 0.0372. The molecule has 2 aromatic rings. The fourth-order valence-electron chi connectivity index (χ4n) is 4.27. The van der Waals surface area contributed by atoms with E-state index in [1.807, 2.05) is 4.90 Å². The molecule has 1 saturated heterocycles. The highest BCUT2D eigenvalue weighted by atomic mass is 19.4. The summed E-state index contributed by atoms with van der Waals surface area (Å²) in [5.41, 5.74) is -1.28. The number of carbonyl (C=O) groups excluding carboxylic acids is 3. The number of alkyl halides is 3. The summed E-state index contributed by atoms with van der Waals surface area (Å²) >= 11 is 0. The summed E-state index contributed by atoms with van der Waals surface area (Å²) in [6.45, 7) is 2.44. The van der Waals surface area contributed by atoms with Gasteiger partial charge >= 0.3 is 24.1 Å². The number of carbonyl (C=O) groups is 3. The number of likely N-dealkylation sites (tertiary alicyclic amines) is 1. The molecule has 2 aliphatic heterocycles. The topological polar surface area (TPSA) is 92.3 Å². The third kappa shape index (κ3) is 5.71. The van der Waals surface area contributed by atoms with Crippen LogP contribution in [-0.2, 0) is 31.9 Å². The number of hydrogen-bond donors (Lipinski definition) is 0. The lowest BCUT2D eigenvalue weighted by Crippen LogP contribution is -2.53. The molecule has 2 amide bonds. The molecule has 2 unspecified atom stereocenters. The average molecular weight is 522 g/mol. The van der Waals surface area contributed by atoms with Gasteiger partial charge < -0.3 is 14.5 Å². The van der Waals surface area contributed by atoms with Gasteiger partial charge in [0.15, 0.2) is 6.23 Å². The molecule has 0 spiro atoms. The lowest BCUT2D eigenvalue weighted by atomic mass is 10.1. The zero-order valence-corrected chi connectivity index (χ0v) is 19.5. The molecule has 0 aliphatic carbocycles. The largest absolute Gasteiger partial charge is 0.441 e. The second-order valence-electron chi connectivity index (χ2n) is 8.28. The number of hydrogen-bond acceptors (Lipinski definition) is 7. The monoisotopic (exact) mass is 522 g/mol. The van der Waals surface area contributed by atoms with Crippen molar-refractivity contribution in [3.05, 3.63) is 71.8 Å². The molecular formula is C24H22F4N4O5. The van der Waals surface area contributed by atoms with E-state index in [9.17, 15) is 31.9 Å². The standard InChI is InChI=1S/C24H22F4N4O5/c1-2-31-19-9-12-30(14-15-7-10-29-11-8-15)22(19)36-20(33)5-6-21(34)37-32(23(31)35)16-3-4-18(25)17(13-16)24(26,27)28/h3-8,10-11,13,19,22H,2,9,12,14H2,1H3/b6-5-. The van der Waals surface area contributed by atoms with E-state index in [-0.39, 0.29) is 6.54 Å². The predicted molar refractivity (Wildman–Crippen MR) is 120 cm³/mol. The van der Waals surface area contributed by atoms with Crippen LogP contribution in [0.2, 0.25) is 0 Å². The van der Waals surface area contributed by atoms with Crippen LogP contribution >= 0.6 is 0 Å². The quantitative estimate of drug-likeness (QED) is 0.447. The van der Waals surface area contributed by atoms with E-state index in [4.69, 9.17) is 9.57 Å². The minimum Gasteiger partial charge on any atom is -0.441 e. The number of hydroxylamine groups is 1. The van der Waals surface area contributed by atoms with Crippen LogP contribution in [0.15, 0.2) is 54.9 Å². The maximum atomic E-state index is 13.9. The maximum absolute atomic E-state index is 13.9. The van der Waals surface area contributed by atoms with Gasteiger partial charge in [-0.1, -0.05) is 0 Å². The van der Waals surface area contributed by atoms with Crippen LogP contribution in [0.25, 0.3) is 0 Å². The zero-order chi connectivity index (χ0) is 26.7. The molecule has 1 aromatic heterocycles. The van der Waals surface area contributed by atoms with Crippen molar-refractivity contribution in [2.45, 2.75) is 38.3 Å². The summed E-state index contributed by atoms with van der Waals surface area (Å²) in [4.78, 5) is 50.5. The Hall–Kier alpha value is -4.00. The molecule has 3 heterocycles. The van der Waals surface area contributed by atoms with E-state index < -0.39 is 53.5 Å². The van der Waals surface area contributed by atoms with Crippen molar-refractivity contribution in [1.82, 2.24) is 14.8 Å². The Morgan fingerprint density at radius 2 is 1.76 bits per heavy atom. The van der Waals surface area contributed by atoms with E-state index in [2.05, 4.69) is 4.98 Å². The van der Waals surface area contributed by atoms with Crippen LogP contribution in [0.3, 0.4) is 0 Å². The molecule has 13 heteroatoms. The molecular weight excluding hydrogens is 500 g/mol. The lowest BCUT2D eigenvalue weighted by Gasteiger charge is -2.36. The molecule has 0 saturated carbocycles. The SMILES string of the molecule is CCN1C(=O)N(c2ccc(F)c(C(F)(F)F)c2)OC(=O)/C=C\C(=O)OC2C1CCN2Cc1ccncc1. The number of anilines is 1. The number of rotatable bonds is 4. The van der Waals surface area contributed by atoms with Crippen LogP contribution < -0.4 is 5.06 Å². The molecule has 37 heavy (non-hydrogen) atoms. The molecule has 4 rings (SSSR count). The molecule has 0 N–H and O–H groups in total. The number of halogens is 4. The van der Waals surface area contributed by atoms with E-state index >= 15 is 0 Å². The van der Waals surface area contributed by atoms with Gasteiger partial charge in [0.2, 0.25) is 0 Å². The van der Waals surface area contributed by atoms with Gasteiger partial charge in [-0.25, -0.2) is 18.8 Å². The number of nitrogens with zero attached hydrogens (tertiary/aromatic N) is 4. The first-order valence-electron chi connectivity index (χ1n) is 11.3. The highest BCUT2D eigenvalue weighted by molar-refractivity contribution is 5.96. The molecule has 1 aromatic carbocycles. The van der Waals surface area contributed by atoms with Gasteiger partial charge in [0, 0.05) is 44.2 Å². The van der Waals surface area contributed by atoms with Crippen molar-refractivity contribution >= 4 is 23.7 Å². The Balaban J connectivity index is 1.72. The summed E-state index contributed by atoms with van der Waals surface area (Å²) in [5, 5.41) is 0.364. The Kier molecular flexibility index (Phi) is 7.43. The van der Waals surface area contributed by atoms with E-state index in [1.165, 1.54) is 4.90 Å². The fourth-order valence-corrected chi connectivity index (χ4v) is 4.27. The second kappa shape index (κ2) is 10.5. The third-order valence-electron chi connectivity index (χ3n) is 5.96. The number of fused-ring (bicyclic) bond motifs is 1. The Morgan fingerprint density at radius 3 is 2.43 bits per heavy atom. The number of esters is 1. The van der Waals surface area contributed by atoms with Gasteiger partial charge in [-0.15, -0.1) is 5.06 Å². The summed E-state index contributed by atoms with van der Waals surface area (Å²) in [5.74, 6) is -3.65. The summed E-state index contributed by atoms with van der Waals surface area (Å²) in [6, 6.07) is 3.64. The number of amides is 2. The number of ether oxygens (including phenoxy) is 1. The predicted octanol–water partition coefficient (Wildman–Crippen LogP) is 3.66. The highest BCUT2D eigenvalue weighted by Gasteiger charge is 2.44. The van der Waals surface area contributed by atoms with Gasteiger partial charge in [-0.2, -0.15) is 13.2 Å². The molecule has 0 bridgehead atoms. The minimum atomic E-state index is -5.06. The van der Waals surface area contributed by atoms with Gasteiger partial charge in [0.05, 0.1) is 17.3 Å². The smallest absolute Gasteiger partial charge is 0.419 e. The van der Waals surface area contributed by atoms with Gasteiger partial charge in [0.25, 0.3) is 0 Å². The first-order valence-corrected chi connectivity index (χ1v) is 11.3. The number of aromatic nitrogens is 1. The van der Waals surface area contributed by atoms with Gasteiger partial charge in [-0.3, -0.25) is 9.88 Å².